The number of benzene rings is 2. The Kier molecular flexibility index (Phi) is 3.49. The van der Waals surface area contributed by atoms with Gasteiger partial charge in [0.1, 0.15) is 5.75 Å². The van der Waals surface area contributed by atoms with Crippen LogP contribution in [0.15, 0.2) is 42.5 Å². The van der Waals surface area contributed by atoms with E-state index in [4.69, 9.17) is 4.74 Å². The van der Waals surface area contributed by atoms with Gasteiger partial charge in [0.25, 0.3) is 0 Å². The van der Waals surface area contributed by atoms with Gasteiger partial charge in [-0.3, -0.25) is 0 Å². The molecule has 0 radical (unpaired) electrons. The summed E-state index contributed by atoms with van der Waals surface area (Å²) >= 11 is 0. The third-order valence-corrected chi connectivity index (χ3v) is 4.34. The summed E-state index contributed by atoms with van der Waals surface area (Å²) in [7, 11) is 2.03. The highest BCUT2D eigenvalue weighted by Crippen LogP contribution is 2.41. The third-order valence-electron chi connectivity index (χ3n) is 4.34. The van der Waals surface area contributed by atoms with Gasteiger partial charge in [-0.05, 0) is 43.7 Å². The van der Waals surface area contributed by atoms with Crippen LogP contribution in [0.3, 0.4) is 0 Å². The molecule has 3 rings (SSSR count). The van der Waals surface area contributed by atoms with Crippen LogP contribution in [0.5, 0.6) is 5.75 Å². The topological polar surface area (TPSA) is 21.3 Å². The SMILES string of the molecule is CNC(c1ccc(C)c(C)c1)C1COc2ccccc21. The largest absolute Gasteiger partial charge is 0.493 e. The minimum atomic E-state index is 0.290. The summed E-state index contributed by atoms with van der Waals surface area (Å²) in [6.07, 6.45) is 0. The summed E-state index contributed by atoms with van der Waals surface area (Å²) in [5.74, 6) is 1.40. The molecule has 0 saturated carbocycles. The Hall–Kier alpha value is -1.80. The van der Waals surface area contributed by atoms with Crippen LogP contribution >= 0.6 is 0 Å². The number of hydrogen-bond acceptors (Lipinski definition) is 2. The molecule has 0 saturated heterocycles. The lowest BCUT2D eigenvalue weighted by Gasteiger charge is -2.23. The maximum atomic E-state index is 5.83. The first-order valence-corrected chi connectivity index (χ1v) is 7.17. The second-order valence-corrected chi connectivity index (χ2v) is 5.57. The Labute approximate surface area is 120 Å². The Morgan fingerprint density at radius 3 is 2.65 bits per heavy atom. The van der Waals surface area contributed by atoms with Crippen LogP contribution in [-0.4, -0.2) is 13.7 Å². The first-order chi connectivity index (χ1) is 9.70. The molecule has 2 unspecified atom stereocenters. The van der Waals surface area contributed by atoms with Crippen molar-refractivity contribution in [1.82, 2.24) is 5.32 Å². The Balaban J connectivity index is 1.97. The first-order valence-electron chi connectivity index (χ1n) is 7.17. The molecule has 1 aliphatic heterocycles. The van der Waals surface area contributed by atoms with Gasteiger partial charge in [-0.15, -0.1) is 0 Å². The molecule has 20 heavy (non-hydrogen) atoms. The van der Waals surface area contributed by atoms with Crippen LogP contribution in [0, 0.1) is 13.8 Å². The molecule has 1 heterocycles. The van der Waals surface area contributed by atoms with Gasteiger partial charge in [-0.2, -0.15) is 0 Å². The average Bonchev–Trinajstić information content (AvgIpc) is 2.88. The molecule has 0 aliphatic carbocycles. The van der Waals surface area contributed by atoms with Crippen LogP contribution in [0.2, 0.25) is 0 Å². The van der Waals surface area contributed by atoms with Gasteiger partial charge in [0.15, 0.2) is 0 Å². The molecule has 0 amide bonds. The smallest absolute Gasteiger partial charge is 0.122 e. The lowest BCUT2D eigenvalue weighted by Crippen LogP contribution is -2.25. The minimum Gasteiger partial charge on any atom is -0.493 e. The zero-order valence-corrected chi connectivity index (χ0v) is 12.3. The number of para-hydroxylation sites is 1. The van der Waals surface area contributed by atoms with E-state index in [0.717, 1.165) is 12.4 Å². The van der Waals surface area contributed by atoms with Crippen molar-refractivity contribution in [2.75, 3.05) is 13.7 Å². The highest BCUT2D eigenvalue weighted by atomic mass is 16.5. The van der Waals surface area contributed by atoms with Crippen molar-refractivity contribution in [1.29, 1.82) is 0 Å². The normalized spacial score (nSPS) is 18.4. The number of likely N-dealkylation sites (N-methyl/N-ethyl adjacent to an activating group) is 1. The molecule has 0 aromatic heterocycles. The molecule has 2 heteroatoms. The molecule has 104 valence electrons. The molecule has 2 nitrogen and oxygen atoms in total. The summed E-state index contributed by atoms with van der Waals surface area (Å²) in [6, 6.07) is 15.4. The van der Waals surface area contributed by atoms with Crippen LogP contribution in [-0.2, 0) is 0 Å². The van der Waals surface area contributed by atoms with Crippen LogP contribution < -0.4 is 10.1 Å². The van der Waals surface area contributed by atoms with E-state index in [1.807, 2.05) is 13.1 Å². The number of fused-ring (bicyclic) bond motifs is 1. The van der Waals surface area contributed by atoms with Gasteiger partial charge in [0.05, 0.1) is 6.61 Å². The Bertz CT molecular complexity index is 621. The number of nitrogens with one attached hydrogen (secondary N) is 1. The highest BCUT2D eigenvalue weighted by molar-refractivity contribution is 5.43. The Morgan fingerprint density at radius 1 is 1.10 bits per heavy atom. The molecule has 2 aromatic carbocycles. The quantitative estimate of drug-likeness (QED) is 0.914. The molecule has 2 atom stereocenters. The fraction of sp³-hybridized carbons (Fsp3) is 0.333. The third kappa shape index (κ3) is 2.20. The number of ether oxygens (including phenoxy) is 1. The minimum absolute atomic E-state index is 0.290. The van der Waals surface area contributed by atoms with Gasteiger partial charge in [0, 0.05) is 17.5 Å². The van der Waals surface area contributed by atoms with Crippen molar-refractivity contribution < 1.29 is 4.74 Å². The average molecular weight is 267 g/mol. The van der Waals surface area contributed by atoms with E-state index in [9.17, 15) is 0 Å². The Morgan fingerprint density at radius 2 is 1.90 bits per heavy atom. The molecular weight excluding hydrogens is 246 g/mol. The fourth-order valence-corrected chi connectivity index (χ4v) is 3.02. The van der Waals surface area contributed by atoms with E-state index in [0.29, 0.717) is 5.92 Å². The second-order valence-electron chi connectivity index (χ2n) is 5.57. The number of rotatable bonds is 3. The van der Waals surface area contributed by atoms with Crippen LogP contribution in [0.1, 0.15) is 34.2 Å². The number of hydrogen-bond donors (Lipinski definition) is 1. The summed E-state index contributed by atoms with van der Waals surface area (Å²) < 4.78 is 5.83. The highest BCUT2D eigenvalue weighted by Gasteiger charge is 2.31. The van der Waals surface area contributed by atoms with Gasteiger partial charge >= 0.3 is 0 Å². The molecule has 1 aliphatic rings. The first kappa shape index (κ1) is 13.2. The van der Waals surface area contributed by atoms with E-state index >= 15 is 0 Å². The molecule has 2 aromatic rings. The van der Waals surface area contributed by atoms with E-state index in [2.05, 4.69) is 55.6 Å². The lowest BCUT2D eigenvalue weighted by molar-refractivity contribution is 0.304. The van der Waals surface area contributed by atoms with Crippen molar-refractivity contribution >= 4 is 0 Å². The van der Waals surface area contributed by atoms with E-state index in [-0.39, 0.29) is 6.04 Å². The maximum absolute atomic E-state index is 5.83. The van der Waals surface area contributed by atoms with E-state index in [1.54, 1.807) is 0 Å². The summed E-state index contributed by atoms with van der Waals surface area (Å²) in [5.41, 5.74) is 5.33. The molecule has 0 bridgehead atoms. The standard InChI is InChI=1S/C18H21NO/c1-12-8-9-14(10-13(12)2)18(19-3)16-11-20-17-7-5-4-6-15(16)17/h4-10,16,18-19H,11H2,1-3H3. The maximum Gasteiger partial charge on any atom is 0.122 e. The second kappa shape index (κ2) is 5.29. The van der Waals surface area contributed by atoms with Crippen LogP contribution in [0.4, 0.5) is 0 Å². The molecule has 0 fully saturated rings. The van der Waals surface area contributed by atoms with Crippen molar-refractivity contribution in [3.8, 4) is 5.75 Å². The lowest BCUT2D eigenvalue weighted by atomic mass is 9.87. The fourth-order valence-electron chi connectivity index (χ4n) is 3.02. The number of aryl methyl sites for hydroxylation is 2. The van der Waals surface area contributed by atoms with E-state index in [1.165, 1.54) is 22.3 Å². The van der Waals surface area contributed by atoms with E-state index < -0.39 is 0 Å². The zero-order chi connectivity index (χ0) is 14.1. The summed E-state index contributed by atoms with van der Waals surface area (Å²) in [5, 5.41) is 3.47. The molecular formula is C18H21NO. The zero-order valence-electron chi connectivity index (χ0n) is 12.3. The van der Waals surface area contributed by atoms with Crippen molar-refractivity contribution in [3.63, 3.8) is 0 Å². The van der Waals surface area contributed by atoms with Crippen molar-refractivity contribution in [2.45, 2.75) is 25.8 Å². The van der Waals surface area contributed by atoms with Crippen LogP contribution in [0.25, 0.3) is 0 Å². The van der Waals surface area contributed by atoms with Gasteiger partial charge < -0.3 is 10.1 Å². The monoisotopic (exact) mass is 267 g/mol. The molecule has 0 spiro atoms. The summed E-state index contributed by atoms with van der Waals surface area (Å²) in [6.45, 7) is 5.07. The summed E-state index contributed by atoms with van der Waals surface area (Å²) in [4.78, 5) is 0. The predicted octanol–water partition coefficient (Wildman–Crippen LogP) is 3.74. The van der Waals surface area contributed by atoms with Gasteiger partial charge in [0.2, 0.25) is 0 Å². The predicted molar refractivity (Wildman–Crippen MR) is 82.4 cm³/mol. The van der Waals surface area contributed by atoms with Gasteiger partial charge in [-0.1, -0.05) is 36.4 Å². The van der Waals surface area contributed by atoms with Gasteiger partial charge in [-0.25, -0.2) is 0 Å². The van der Waals surface area contributed by atoms with Crippen molar-refractivity contribution in [2.24, 2.45) is 0 Å². The van der Waals surface area contributed by atoms with Crippen molar-refractivity contribution in [3.05, 3.63) is 64.7 Å². The molecule has 1 N–H and O–H groups in total.